The fourth-order valence-corrected chi connectivity index (χ4v) is 3.41. The Bertz CT molecular complexity index is 1310. The minimum atomic E-state index is -0.449. The Balaban J connectivity index is 1.85. The summed E-state index contributed by atoms with van der Waals surface area (Å²) in [5.74, 6) is -0.342. The summed E-state index contributed by atoms with van der Waals surface area (Å²) < 4.78 is 16.1. The Morgan fingerprint density at radius 3 is 2.61 bits per heavy atom. The van der Waals surface area contributed by atoms with Gasteiger partial charge >= 0.3 is 5.97 Å². The van der Waals surface area contributed by atoms with E-state index in [0.717, 1.165) is 0 Å². The predicted molar refractivity (Wildman–Crippen MR) is 116 cm³/mol. The van der Waals surface area contributed by atoms with Crippen LogP contribution in [0.1, 0.15) is 20.7 Å². The van der Waals surface area contributed by atoms with E-state index < -0.39 is 11.9 Å². The molecule has 4 rings (SSSR count). The number of hydrogen-bond acceptors (Lipinski definition) is 8. The first-order chi connectivity index (χ1) is 15.1. The molecule has 0 aliphatic carbocycles. The standard InChI is InChI=1S/C22H17N3O5S/c1-28-17-5-3-4-14-12-16(19(26)25-22-23-10-11-31-22)20(30-18(14)17)24-15-8-6-13(7-9-15)21(27)29-2/h3-12H,1-2H3,(H,23,25,26). The third-order valence-electron chi connectivity index (χ3n) is 4.37. The van der Waals surface area contributed by atoms with Crippen LogP contribution in [0.2, 0.25) is 0 Å². The number of esters is 1. The molecule has 0 aliphatic heterocycles. The second-order valence-corrected chi connectivity index (χ2v) is 7.18. The summed E-state index contributed by atoms with van der Waals surface area (Å²) in [6, 6.07) is 13.5. The molecule has 1 N–H and O–H groups in total. The highest BCUT2D eigenvalue weighted by atomic mass is 32.1. The second-order valence-electron chi connectivity index (χ2n) is 6.29. The molecular formula is C22H17N3O5S. The van der Waals surface area contributed by atoms with Gasteiger partial charge in [-0.1, -0.05) is 12.1 Å². The highest BCUT2D eigenvalue weighted by molar-refractivity contribution is 7.13. The third-order valence-corrected chi connectivity index (χ3v) is 5.06. The average molecular weight is 435 g/mol. The molecular weight excluding hydrogens is 418 g/mol. The van der Waals surface area contributed by atoms with Gasteiger partial charge in [-0.3, -0.25) is 10.1 Å². The topological polar surface area (TPSA) is 103 Å². The normalized spacial score (nSPS) is 11.4. The minimum absolute atomic E-state index is 0.0943. The van der Waals surface area contributed by atoms with E-state index in [1.54, 1.807) is 48.0 Å². The van der Waals surface area contributed by atoms with Crippen molar-refractivity contribution in [2.75, 3.05) is 19.5 Å². The van der Waals surface area contributed by atoms with Crippen molar-refractivity contribution in [1.82, 2.24) is 4.98 Å². The van der Waals surface area contributed by atoms with E-state index in [1.807, 2.05) is 12.1 Å². The van der Waals surface area contributed by atoms with Gasteiger partial charge in [-0.15, -0.1) is 11.3 Å². The molecule has 156 valence electrons. The molecule has 0 bridgehead atoms. The number of thiazole rings is 1. The Labute approximate surface area is 180 Å². The zero-order valence-corrected chi connectivity index (χ0v) is 17.4. The van der Waals surface area contributed by atoms with Crippen LogP contribution in [-0.4, -0.2) is 31.1 Å². The molecule has 0 fully saturated rings. The van der Waals surface area contributed by atoms with Crippen LogP contribution < -0.4 is 15.6 Å². The van der Waals surface area contributed by atoms with Crippen LogP contribution in [-0.2, 0) is 4.74 Å². The van der Waals surface area contributed by atoms with Crippen LogP contribution in [0, 0.1) is 0 Å². The molecule has 0 saturated heterocycles. The lowest BCUT2D eigenvalue weighted by molar-refractivity contribution is 0.0600. The number of methoxy groups -OCH3 is 2. The first-order valence-electron chi connectivity index (χ1n) is 9.14. The lowest BCUT2D eigenvalue weighted by Crippen LogP contribution is -2.21. The summed E-state index contributed by atoms with van der Waals surface area (Å²) in [6.45, 7) is 0. The predicted octanol–water partition coefficient (Wildman–Crippen LogP) is 4.17. The van der Waals surface area contributed by atoms with Gasteiger partial charge in [-0.05, 0) is 36.4 Å². The van der Waals surface area contributed by atoms with Crippen molar-refractivity contribution in [2.45, 2.75) is 0 Å². The molecule has 0 saturated carbocycles. The highest BCUT2D eigenvalue weighted by Gasteiger charge is 2.16. The summed E-state index contributed by atoms with van der Waals surface area (Å²) in [5, 5.41) is 5.65. The van der Waals surface area contributed by atoms with Gasteiger partial charge in [-0.2, -0.15) is 0 Å². The number of ether oxygens (including phenoxy) is 2. The largest absolute Gasteiger partial charge is 0.493 e. The maximum absolute atomic E-state index is 12.9. The number of aromatic nitrogens is 1. The van der Waals surface area contributed by atoms with Crippen molar-refractivity contribution < 1.29 is 23.5 Å². The van der Waals surface area contributed by atoms with E-state index in [-0.39, 0.29) is 11.1 Å². The van der Waals surface area contributed by atoms with E-state index >= 15 is 0 Å². The van der Waals surface area contributed by atoms with Gasteiger partial charge in [0.15, 0.2) is 16.5 Å². The zero-order chi connectivity index (χ0) is 21.8. The van der Waals surface area contributed by atoms with Crippen molar-refractivity contribution in [3.63, 3.8) is 0 Å². The lowest BCUT2D eigenvalue weighted by Gasteiger charge is -2.08. The molecule has 0 radical (unpaired) electrons. The van der Waals surface area contributed by atoms with Crippen molar-refractivity contribution in [1.29, 1.82) is 0 Å². The van der Waals surface area contributed by atoms with Gasteiger partial charge in [0, 0.05) is 17.0 Å². The summed E-state index contributed by atoms with van der Waals surface area (Å²) in [6.07, 6.45) is 1.60. The molecule has 2 heterocycles. The number of benzene rings is 2. The molecule has 0 aliphatic rings. The van der Waals surface area contributed by atoms with Crippen LogP contribution in [0.4, 0.5) is 10.8 Å². The van der Waals surface area contributed by atoms with Crippen LogP contribution >= 0.6 is 11.3 Å². The number of carbonyl (C=O) groups excluding carboxylic acids is 2. The molecule has 31 heavy (non-hydrogen) atoms. The maximum atomic E-state index is 12.9. The first-order valence-corrected chi connectivity index (χ1v) is 10.0. The number of rotatable bonds is 5. The van der Waals surface area contributed by atoms with Gasteiger partial charge < -0.3 is 13.9 Å². The number of carbonyl (C=O) groups is 2. The summed E-state index contributed by atoms with van der Waals surface area (Å²) in [7, 11) is 2.85. The fraction of sp³-hybridized carbons (Fsp3) is 0.0909. The minimum Gasteiger partial charge on any atom is -0.493 e. The van der Waals surface area contributed by atoms with Gasteiger partial charge in [0.1, 0.15) is 5.56 Å². The fourth-order valence-electron chi connectivity index (χ4n) is 2.89. The molecule has 2 aromatic heterocycles. The molecule has 1 amide bonds. The average Bonchev–Trinajstić information content (AvgIpc) is 3.31. The first kappa shape index (κ1) is 20.3. The van der Waals surface area contributed by atoms with Crippen LogP contribution in [0.3, 0.4) is 0 Å². The van der Waals surface area contributed by atoms with Crippen molar-refractivity contribution in [2.24, 2.45) is 4.99 Å². The Hall–Kier alpha value is -3.98. The van der Waals surface area contributed by atoms with Gasteiger partial charge in [0.05, 0.1) is 25.5 Å². The summed E-state index contributed by atoms with van der Waals surface area (Å²) in [4.78, 5) is 33.2. The lowest BCUT2D eigenvalue weighted by atomic mass is 10.1. The van der Waals surface area contributed by atoms with Gasteiger partial charge in [0.25, 0.3) is 5.91 Å². The number of anilines is 1. The number of hydrogen-bond donors (Lipinski definition) is 1. The van der Waals surface area contributed by atoms with Crippen LogP contribution in [0.15, 0.2) is 69.5 Å². The van der Waals surface area contributed by atoms with Crippen molar-refractivity contribution >= 4 is 45.0 Å². The summed E-state index contributed by atoms with van der Waals surface area (Å²) >= 11 is 1.30. The summed E-state index contributed by atoms with van der Waals surface area (Å²) in [5.41, 5.74) is 1.67. The number of amides is 1. The van der Waals surface area contributed by atoms with Gasteiger partial charge in [0.2, 0.25) is 5.55 Å². The number of fused-ring (bicyclic) bond motifs is 1. The molecule has 9 heteroatoms. The highest BCUT2D eigenvalue weighted by Crippen LogP contribution is 2.25. The zero-order valence-electron chi connectivity index (χ0n) is 16.6. The van der Waals surface area contributed by atoms with E-state index in [9.17, 15) is 9.59 Å². The number of para-hydroxylation sites is 1. The Morgan fingerprint density at radius 2 is 1.94 bits per heavy atom. The quantitative estimate of drug-likeness (QED) is 0.472. The number of nitrogens with one attached hydrogen (secondary N) is 1. The molecule has 4 aromatic rings. The van der Waals surface area contributed by atoms with Crippen molar-refractivity contribution in [3.8, 4) is 5.75 Å². The Kier molecular flexibility index (Phi) is 5.76. The van der Waals surface area contributed by atoms with Crippen LogP contribution in [0.25, 0.3) is 11.0 Å². The van der Waals surface area contributed by atoms with Gasteiger partial charge in [-0.25, -0.2) is 14.8 Å². The van der Waals surface area contributed by atoms with Crippen LogP contribution in [0.5, 0.6) is 5.75 Å². The molecule has 2 aromatic carbocycles. The SMILES string of the molecule is COC(=O)c1ccc(N=c2oc3c(OC)cccc3cc2C(=O)Nc2nccs2)cc1. The number of nitrogens with zero attached hydrogens (tertiary/aromatic N) is 2. The van der Waals surface area contributed by atoms with E-state index in [1.165, 1.54) is 25.6 Å². The van der Waals surface area contributed by atoms with E-state index in [2.05, 4.69) is 15.3 Å². The molecule has 0 atom stereocenters. The Morgan fingerprint density at radius 1 is 1.13 bits per heavy atom. The second kappa shape index (κ2) is 8.80. The monoisotopic (exact) mass is 435 g/mol. The molecule has 8 nitrogen and oxygen atoms in total. The molecule has 0 spiro atoms. The van der Waals surface area contributed by atoms with E-state index in [0.29, 0.717) is 33.1 Å². The van der Waals surface area contributed by atoms with E-state index in [4.69, 9.17) is 13.9 Å². The third kappa shape index (κ3) is 4.31. The molecule has 0 unspecified atom stereocenters. The van der Waals surface area contributed by atoms with Crippen molar-refractivity contribution in [3.05, 3.63) is 76.8 Å². The maximum Gasteiger partial charge on any atom is 0.337 e. The smallest absolute Gasteiger partial charge is 0.337 e.